The van der Waals surface area contributed by atoms with E-state index < -0.39 is 11.6 Å². The van der Waals surface area contributed by atoms with E-state index in [0.717, 1.165) is 17.0 Å². The lowest BCUT2D eigenvalue weighted by atomic mass is 10.2. The van der Waals surface area contributed by atoms with Crippen molar-refractivity contribution in [1.29, 1.82) is 0 Å². The van der Waals surface area contributed by atoms with Gasteiger partial charge in [-0.2, -0.15) is 0 Å². The van der Waals surface area contributed by atoms with Crippen LogP contribution in [0.5, 0.6) is 0 Å². The minimum atomic E-state index is -0.990. The van der Waals surface area contributed by atoms with Gasteiger partial charge in [0.05, 0.1) is 0 Å². The monoisotopic (exact) mass is 279 g/mol. The highest BCUT2D eigenvalue weighted by atomic mass is 32.2. The number of benzene rings is 2. The van der Waals surface area contributed by atoms with Crippen LogP contribution in [0, 0.1) is 11.6 Å². The van der Waals surface area contributed by atoms with Crippen molar-refractivity contribution in [2.24, 2.45) is 0 Å². The molecule has 1 amide bonds. The molecule has 5 heteroatoms. The fourth-order valence-electron chi connectivity index (χ4n) is 1.52. The number of hydrogen-bond donors (Lipinski definition) is 1. The standard InChI is InChI=1S/C14H11F2NOS/c1-19-11-5-2-9(3-6-11)14(18)17-10-4-7-12(15)13(16)8-10/h2-8H,1H3,(H,17,18). The van der Waals surface area contributed by atoms with Crippen molar-refractivity contribution in [1.82, 2.24) is 0 Å². The normalized spacial score (nSPS) is 10.3. The molecule has 98 valence electrons. The summed E-state index contributed by atoms with van der Waals surface area (Å²) in [7, 11) is 0. The minimum Gasteiger partial charge on any atom is -0.322 e. The van der Waals surface area contributed by atoms with Crippen LogP contribution in [0.2, 0.25) is 0 Å². The molecule has 0 fully saturated rings. The van der Waals surface area contributed by atoms with Crippen LogP contribution < -0.4 is 5.32 Å². The maximum atomic E-state index is 13.0. The number of rotatable bonds is 3. The van der Waals surface area contributed by atoms with E-state index in [9.17, 15) is 13.6 Å². The number of thioether (sulfide) groups is 1. The highest BCUT2D eigenvalue weighted by Crippen LogP contribution is 2.17. The van der Waals surface area contributed by atoms with E-state index in [2.05, 4.69) is 5.32 Å². The zero-order valence-electron chi connectivity index (χ0n) is 10.1. The molecule has 1 N–H and O–H groups in total. The maximum absolute atomic E-state index is 13.0. The SMILES string of the molecule is CSc1ccc(C(=O)Nc2ccc(F)c(F)c2)cc1. The molecule has 2 rings (SSSR count). The van der Waals surface area contributed by atoms with Crippen molar-refractivity contribution in [2.75, 3.05) is 11.6 Å². The van der Waals surface area contributed by atoms with Gasteiger partial charge in [-0.15, -0.1) is 11.8 Å². The molecular weight excluding hydrogens is 268 g/mol. The smallest absolute Gasteiger partial charge is 0.255 e. The van der Waals surface area contributed by atoms with E-state index in [4.69, 9.17) is 0 Å². The summed E-state index contributed by atoms with van der Waals surface area (Å²) >= 11 is 1.57. The molecule has 0 aromatic heterocycles. The lowest BCUT2D eigenvalue weighted by Crippen LogP contribution is -2.12. The second-order valence-electron chi connectivity index (χ2n) is 3.81. The fourth-order valence-corrected chi connectivity index (χ4v) is 1.93. The highest BCUT2D eigenvalue weighted by Gasteiger charge is 2.08. The van der Waals surface area contributed by atoms with Gasteiger partial charge < -0.3 is 5.32 Å². The number of nitrogens with one attached hydrogen (secondary N) is 1. The van der Waals surface area contributed by atoms with Crippen LogP contribution >= 0.6 is 11.8 Å². The Balaban J connectivity index is 2.13. The van der Waals surface area contributed by atoms with E-state index in [1.807, 2.05) is 18.4 Å². The summed E-state index contributed by atoms with van der Waals surface area (Å²) in [6, 6.07) is 10.2. The van der Waals surface area contributed by atoms with Gasteiger partial charge in [-0.25, -0.2) is 8.78 Å². The lowest BCUT2D eigenvalue weighted by Gasteiger charge is -2.06. The number of carbonyl (C=O) groups is 1. The molecule has 2 nitrogen and oxygen atoms in total. The molecule has 0 saturated carbocycles. The highest BCUT2D eigenvalue weighted by molar-refractivity contribution is 7.98. The third-order valence-electron chi connectivity index (χ3n) is 2.53. The summed E-state index contributed by atoms with van der Waals surface area (Å²) in [5.74, 6) is -2.29. The Hall–Kier alpha value is -1.88. The Morgan fingerprint density at radius 2 is 1.74 bits per heavy atom. The average molecular weight is 279 g/mol. The number of hydrogen-bond acceptors (Lipinski definition) is 2. The van der Waals surface area contributed by atoms with E-state index in [1.165, 1.54) is 6.07 Å². The molecule has 0 radical (unpaired) electrons. The van der Waals surface area contributed by atoms with Gasteiger partial charge in [0.15, 0.2) is 11.6 Å². The Morgan fingerprint density at radius 1 is 1.05 bits per heavy atom. The van der Waals surface area contributed by atoms with Crippen molar-refractivity contribution in [3.8, 4) is 0 Å². The quantitative estimate of drug-likeness (QED) is 0.862. The topological polar surface area (TPSA) is 29.1 Å². The first-order valence-corrected chi connectivity index (χ1v) is 6.73. The van der Waals surface area contributed by atoms with Gasteiger partial charge in [-0.05, 0) is 42.7 Å². The van der Waals surface area contributed by atoms with Crippen LogP contribution in [0.1, 0.15) is 10.4 Å². The summed E-state index contributed by atoms with van der Waals surface area (Å²) < 4.78 is 25.8. The van der Waals surface area contributed by atoms with Gasteiger partial charge in [0, 0.05) is 22.2 Å². The summed E-state index contributed by atoms with van der Waals surface area (Å²) in [6.07, 6.45) is 1.94. The zero-order chi connectivity index (χ0) is 13.8. The molecule has 2 aromatic carbocycles. The molecule has 0 aliphatic heterocycles. The minimum absolute atomic E-state index is 0.220. The van der Waals surface area contributed by atoms with E-state index in [0.29, 0.717) is 5.56 Å². The van der Waals surface area contributed by atoms with Crippen LogP contribution in [-0.2, 0) is 0 Å². The van der Waals surface area contributed by atoms with Crippen molar-refractivity contribution >= 4 is 23.4 Å². The van der Waals surface area contributed by atoms with Crippen molar-refractivity contribution < 1.29 is 13.6 Å². The summed E-state index contributed by atoms with van der Waals surface area (Å²) in [4.78, 5) is 12.9. The molecule has 19 heavy (non-hydrogen) atoms. The Morgan fingerprint density at radius 3 is 2.32 bits per heavy atom. The van der Waals surface area contributed by atoms with Gasteiger partial charge >= 0.3 is 0 Å². The number of halogens is 2. The molecular formula is C14H11F2NOS. The number of carbonyl (C=O) groups excluding carboxylic acids is 1. The number of amides is 1. The Bertz CT molecular complexity index is 599. The van der Waals surface area contributed by atoms with E-state index >= 15 is 0 Å². The molecule has 0 aliphatic carbocycles. The van der Waals surface area contributed by atoms with Crippen LogP contribution in [0.15, 0.2) is 47.4 Å². The molecule has 2 aromatic rings. The van der Waals surface area contributed by atoms with Crippen molar-refractivity contribution in [3.05, 3.63) is 59.7 Å². The largest absolute Gasteiger partial charge is 0.322 e. The Kier molecular flexibility index (Phi) is 4.16. The second kappa shape index (κ2) is 5.84. The second-order valence-corrected chi connectivity index (χ2v) is 4.69. The summed E-state index contributed by atoms with van der Waals surface area (Å²) in [5.41, 5.74) is 0.681. The van der Waals surface area contributed by atoms with Gasteiger partial charge in [0.25, 0.3) is 5.91 Å². The molecule has 0 unspecified atom stereocenters. The third kappa shape index (κ3) is 3.32. The van der Waals surface area contributed by atoms with Crippen LogP contribution in [0.4, 0.5) is 14.5 Å². The fraction of sp³-hybridized carbons (Fsp3) is 0.0714. The van der Waals surface area contributed by atoms with E-state index in [1.54, 1.807) is 23.9 Å². The third-order valence-corrected chi connectivity index (χ3v) is 3.27. The van der Waals surface area contributed by atoms with Gasteiger partial charge in [0.2, 0.25) is 0 Å². The van der Waals surface area contributed by atoms with Crippen LogP contribution in [0.25, 0.3) is 0 Å². The van der Waals surface area contributed by atoms with Gasteiger partial charge in [-0.3, -0.25) is 4.79 Å². The molecule has 0 bridgehead atoms. The summed E-state index contributed by atoms with van der Waals surface area (Å²) in [5, 5.41) is 2.51. The lowest BCUT2D eigenvalue weighted by molar-refractivity contribution is 0.102. The van der Waals surface area contributed by atoms with Crippen molar-refractivity contribution in [3.63, 3.8) is 0 Å². The first-order valence-electron chi connectivity index (χ1n) is 5.50. The van der Waals surface area contributed by atoms with Crippen LogP contribution in [0.3, 0.4) is 0 Å². The number of anilines is 1. The van der Waals surface area contributed by atoms with Crippen molar-refractivity contribution in [2.45, 2.75) is 4.90 Å². The molecule has 0 saturated heterocycles. The Labute approximate surface area is 113 Å². The van der Waals surface area contributed by atoms with Gasteiger partial charge in [0.1, 0.15) is 0 Å². The van der Waals surface area contributed by atoms with E-state index in [-0.39, 0.29) is 11.6 Å². The summed E-state index contributed by atoms with van der Waals surface area (Å²) in [6.45, 7) is 0. The predicted molar refractivity (Wildman–Crippen MR) is 72.5 cm³/mol. The average Bonchev–Trinajstić information content (AvgIpc) is 2.43. The zero-order valence-corrected chi connectivity index (χ0v) is 10.9. The predicted octanol–water partition coefficient (Wildman–Crippen LogP) is 3.94. The molecule has 0 heterocycles. The van der Waals surface area contributed by atoms with Crippen LogP contribution in [-0.4, -0.2) is 12.2 Å². The first-order chi connectivity index (χ1) is 9.10. The maximum Gasteiger partial charge on any atom is 0.255 e. The van der Waals surface area contributed by atoms with Gasteiger partial charge in [-0.1, -0.05) is 0 Å². The molecule has 0 spiro atoms. The molecule has 0 atom stereocenters. The first kappa shape index (κ1) is 13.5. The molecule has 0 aliphatic rings.